The maximum absolute atomic E-state index is 8.19. The predicted octanol–water partition coefficient (Wildman–Crippen LogP) is 10.9. The molecule has 0 amide bonds. The number of aromatic amines is 2. The molecule has 0 unspecified atom stereocenters. The summed E-state index contributed by atoms with van der Waals surface area (Å²) in [5.74, 6) is 0. The van der Waals surface area contributed by atoms with Gasteiger partial charge in [0.2, 0.25) is 0 Å². The fraction of sp³-hybridized carbons (Fsp3) is 0. The molecule has 5 heterocycles. The molecule has 6 heteroatoms. The monoisotopic (exact) mass is 700 g/mol. The summed E-state index contributed by atoms with van der Waals surface area (Å²) in [6.45, 7) is 0. The van der Waals surface area contributed by atoms with Crippen LogP contribution in [0, 0.1) is 31.7 Å². The summed E-state index contributed by atoms with van der Waals surface area (Å²) >= 11 is 1.06. The molecule has 8 bridgehead atoms. The molecule has 0 spiro atoms. The topological polar surface area (TPSA) is 74.4 Å². The smallest absolute Gasteiger partial charge is 0.171 e. The first-order valence-corrected chi connectivity index (χ1v) is 16.2. The Kier molecular flexibility index (Phi) is 18.6. The molecule has 253 valence electrons. The van der Waals surface area contributed by atoms with Gasteiger partial charge in [0.05, 0.1) is 22.8 Å². The molecule has 5 nitrogen and oxygen atoms in total. The van der Waals surface area contributed by atoms with Gasteiger partial charge in [-0.25, -0.2) is 9.97 Å². The van der Waals surface area contributed by atoms with Crippen molar-refractivity contribution in [2.24, 2.45) is 0 Å². The third-order valence-corrected chi connectivity index (χ3v) is 6.47. The van der Waals surface area contributed by atoms with Crippen molar-refractivity contribution in [1.29, 1.82) is 0 Å². The first-order valence-electron chi connectivity index (χ1n) is 15.7. The van der Waals surface area contributed by atoms with Crippen LogP contribution < -0.4 is 0 Å². The summed E-state index contributed by atoms with van der Waals surface area (Å²) in [7, 11) is 0. The summed E-state index contributed by atoms with van der Waals surface area (Å²) in [4.78, 5) is 16.0. The van der Waals surface area contributed by atoms with E-state index in [1.54, 1.807) is 0 Å². The minimum absolute atomic E-state index is 0. The van der Waals surface area contributed by atoms with Crippen molar-refractivity contribution < 1.29 is 21.0 Å². The number of rotatable bonds is 0. The van der Waals surface area contributed by atoms with Gasteiger partial charge in [-0.1, -0.05) is 0 Å². The molecule has 0 atom stereocenters. The number of H-pyrrole nitrogens is 2. The Morgan fingerprint density at radius 3 is 0.863 bits per heavy atom. The van der Waals surface area contributed by atoms with Gasteiger partial charge in [-0.2, -0.15) is 146 Å². The Hall–Kier alpha value is -6.14. The molecular weight excluding hydrogens is 663 g/mol. The molecule has 2 N–H and O–H groups in total. The van der Waals surface area contributed by atoms with E-state index in [4.69, 9.17) is 3.67 Å². The standard InChI is InChI=1S/C20H14N4.4C6H5.CH3.O.V/c1-2-14-10-16-5-6-18(23-16)12-20-8-7-19(24-20)11-17-4-3-15(22-17)9-13(1)21-14;4*1-2-4-6-5-3-1;;;/h1-12,21-22H;4*1-5H;1H3;;/q;5*-1;;. The van der Waals surface area contributed by atoms with Gasteiger partial charge in [-0.15, -0.1) is 0 Å². The van der Waals surface area contributed by atoms with Crippen LogP contribution in [0.4, 0.5) is 0 Å². The number of hydrogen-bond acceptors (Lipinski definition) is 3. The average molecular weight is 701 g/mol. The molecule has 0 saturated carbocycles. The van der Waals surface area contributed by atoms with Crippen molar-refractivity contribution in [3.8, 4) is 0 Å². The van der Waals surface area contributed by atoms with E-state index < -0.39 is 0 Å². The second kappa shape index (κ2) is 24.1. The molecule has 0 fully saturated rings. The summed E-state index contributed by atoms with van der Waals surface area (Å²) in [6.07, 6.45) is 8.05. The Bertz CT molecular complexity index is 1820. The Balaban J connectivity index is 0.000000211. The van der Waals surface area contributed by atoms with Crippen molar-refractivity contribution in [1.82, 2.24) is 19.9 Å². The van der Waals surface area contributed by atoms with Crippen molar-refractivity contribution in [3.63, 3.8) is 0 Å². The van der Waals surface area contributed by atoms with E-state index in [2.05, 4.69) is 74.5 Å². The van der Waals surface area contributed by atoms with Gasteiger partial charge in [0, 0.05) is 22.1 Å². The number of benzene rings is 4. The summed E-state index contributed by atoms with van der Waals surface area (Å²) < 4.78 is 8.19. The molecule has 3 aromatic heterocycles. The van der Waals surface area contributed by atoms with Gasteiger partial charge in [-0.05, 0) is 72.8 Å². The van der Waals surface area contributed by atoms with E-state index in [-0.39, 0.29) is 7.43 Å². The summed E-state index contributed by atoms with van der Waals surface area (Å²) in [5.41, 5.74) is 7.86. The van der Waals surface area contributed by atoms with E-state index in [1.165, 1.54) is 0 Å². The van der Waals surface area contributed by atoms with Crippen molar-refractivity contribution in [3.05, 3.63) is 224 Å². The van der Waals surface area contributed by atoms with Gasteiger partial charge in [0.15, 0.2) is 0 Å². The maximum atomic E-state index is 8.19. The summed E-state index contributed by atoms with van der Waals surface area (Å²) in [5, 5.41) is 0. The molecule has 51 heavy (non-hydrogen) atoms. The fourth-order valence-corrected chi connectivity index (χ4v) is 4.31. The Morgan fingerprint density at radius 1 is 0.373 bits per heavy atom. The zero-order valence-electron chi connectivity index (χ0n) is 28.2. The van der Waals surface area contributed by atoms with Gasteiger partial charge in [0.1, 0.15) is 0 Å². The number of hydrogen-bond donors (Lipinski definition) is 2. The molecule has 0 aliphatic carbocycles. The Morgan fingerprint density at radius 2 is 0.627 bits per heavy atom. The van der Waals surface area contributed by atoms with Crippen LogP contribution in [0.2, 0.25) is 0 Å². The molecule has 0 saturated heterocycles. The molecule has 0 radical (unpaired) electrons. The number of nitrogens with one attached hydrogen (secondary N) is 2. The summed E-state index contributed by atoms with van der Waals surface area (Å²) in [6, 6.07) is 66.4. The maximum Gasteiger partial charge on any atom is -0.171 e. The SMILES string of the molecule is C1=Cc2cc3ccc(cc4ccc(cc5nc(cc1n2)C=C5)[nH]4)[nH]3.[CH3-].[O]=[V].[c-]1ccccc1.[c-]1ccccc1.[c-]1ccccc1.[c-]1ccccc1. The zero-order valence-corrected chi connectivity index (χ0v) is 29.6. The van der Waals surface area contributed by atoms with Crippen LogP contribution in [0.3, 0.4) is 0 Å². The van der Waals surface area contributed by atoms with Crippen LogP contribution in [-0.4, -0.2) is 19.9 Å². The molecule has 4 aromatic carbocycles. The third kappa shape index (κ3) is 15.8. The first kappa shape index (κ1) is 39.3. The fourth-order valence-electron chi connectivity index (χ4n) is 4.31. The minimum Gasteiger partial charge on any atom is -0.184 e. The van der Waals surface area contributed by atoms with Gasteiger partial charge < -0.3 is 17.4 Å². The molecule has 2 aliphatic rings. The van der Waals surface area contributed by atoms with Crippen molar-refractivity contribution in [2.45, 2.75) is 0 Å². The second-order valence-electron chi connectivity index (χ2n) is 10.2. The van der Waals surface area contributed by atoms with Gasteiger partial charge in [-0.3, -0.25) is 0 Å². The normalized spacial score (nSPS) is 9.78. The van der Waals surface area contributed by atoms with E-state index in [1.807, 2.05) is 164 Å². The van der Waals surface area contributed by atoms with E-state index in [0.29, 0.717) is 0 Å². The number of nitrogens with zero attached hydrogens (tertiary/aromatic N) is 2. The number of fused-ring (bicyclic) bond motifs is 8. The second-order valence-corrected chi connectivity index (χ2v) is 10.2. The first-order chi connectivity index (χ1) is 24.8. The molecule has 9 rings (SSSR count). The molecule has 2 aliphatic heterocycles. The van der Waals surface area contributed by atoms with Crippen LogP contribution in [0.25, 0.3) is 46.4 Å². The minimum atomic E-state index is 0. The largest absolute Gasteiger partial charge is 0.184 e. The quantitative estimate of drug-likeness (QED) is 0.155. The number of aromatic nitrogens is 4. The molecular formula is C45H37N4OV-5. The molecule has 7 aromatic rings. The van der Waals surface area contributed by atoms with Crippen molar-refractivity contribution in [2.75, 3.05) is 0 Å². The average Bonchev–Trinajstić information content (AvgIpc) is 4.04. The van der Waals surface area contributed by atoms with Crippen LogP contribution in [0.1, 0.15) is 22.8 Å². The van der Waals surface area contributed by atoms with E-state index in [9.17, 15) is 0 Å². The van der Waals surface area contributed by atoms with Crippen LogP contribution >= 0.6 is 0 Å². The predicted molar refractivity (Wildman–Crippen MR) is 207 cm³/mol. The van der Waals surface area contributed by atoms with Crippen LogP contribution in [0.15, 0.2) is 170 Å². The Labute approximate surface area is 310 Å². The zero-order chi connectivity index (χ0) is 34.9. The van der Waals surface area contributed by atoms with Crippen LogP contribution in [0.5, 0.6) is 0 Å². The van der Waals surface area contributed by atoms with E-state index in [0.717, 1.165) is 62.2 Å². The van der Waals surface area contributed by atoms with Crippen LogP contribution in [-0.2, 0) is 21.0 Å². The van der Waals surface area contributed by atoms with Gasteiger partial charge in [0.25, 0.3) is 0 Å². The third-order valence-electron chi connectivity index (χ3n) is 6.47. The van der Waals surface area contributed by atoms with E-state index >= 15 is 0 Å². The van der Waals surface area contributed by atoms with Gasteiger partial charge >= 0.3 is 21.0 Å². The van der Waals surface area contributed by atoms with Crippen molar-refractivity contribution >= 4 is 46.4 Å².